The van der Waals surface area contributed by atoms with E-state index in [1.807, 2.05) is 29.5 Å². The monoisotopic (exact) mass is 313 g/mol. The maximum Gasteiger partial charge on any atom is 0.219 e. The summed E-state index contributed by atoms with van der Waals surface area (Å²) in [5, 5.41) is 1.73. The molecule has 1 aromatic carbocycles. The van der Waals surface area contributed by atoms with Crippen molar-refractivity contribution >= 4 is 17.3 Å². The molecule has 0 saturated heterocycles. The molecule has 2 aliphatic rings. The standard InChI is InChI=1S/C17H19N3OS/c1-12-10-14-15(22-12)8-5-9-17(14)19-16(18)20(21-17)11-13-6-3-2-4-7-13/h2-4,6-7,10H,5,8-9,11H2,1H3,(H2,18,19). The third-order valence-electron chi connectivity index (χ3n) is 4.25. The summed E-state index contributed by atoms with van der Waals surface area (Å²) in [5.74, 6) is 0.473. The molecule has 1 aliphatic carbocycles. The molecule has 22 heavy (non-hydrogen) atoms. The quantitative estimate of drug-likeness (QED) is 0.925. The number of rotatable bonds is 2. The summed E-state index contributed by atoms with van der Waals surface area (Å²) in [6.07, 6.45) is 3.10. The summed E-state index contributed by atoms with van der Waals surface area (Å²) in [6, 6.07) is 12.4. The maximum atomic E-state index is 6.26. The van der Waals surface area contributed by atoms with Crippen LogP contribution < -0.4 is 5.73 Å². The van der Waals surface area contributed by atoms with Gasteiger partial charge >= 0.3 is 0 Å². The van der Waals surface area contributed by atoms with Crippen molar-refractivity contribution in [2.24, 2.45) is 10.7 Å². The van der Waals surface area contributed by atoms with E-state index in [4.69, 9.17) is 15.6 Å². The van der Waals surface area contributed by atoms with Gasteiger partial charge < -0.3 is 5.73 Å². The van der Waals surface area contributed by atoms with Crippen LogP contribution in [0.1, 0.15) is 33.7 Å². The summed E-state index contributed by atoms with van der Waals surface area (Å²) in [4.78, 5) is 13.7. The number of aryl methyl sites for hydroxylation is 2. The van der Waals surface area contributed by atoms with Crippen LogP contribution in [0.2, 0.25) is 0 Å². The zero-order valence-electron chi connectivity index (χ0n) is 12.6. The minimum absolute atomic E-state index is 0.473. The van der Waals surface area contributed by atoms with Gasteiger partial charge in [0, 0.05) is 21.7 Å². The highest BCUT2D eigenvalue weighted by Crippen LogP contribution is 2.46. The molecule has 1 spiro atoms. The lowest BCUT2D eigenvalue weighted by atomic mass is 9.90. The molecule has 1 aromatic heterocycles. The zero-order valence-corrected chi connectivity index (χ0v) is 13.4. The van der Waals surface area contributed by atoms with Crippen LogP contribution in [0.25, 0.3) is 0 Å². The van der Waals surface area contributed by atoms with Gasteiger partial charge in [-0.1, -0.05) is 30.3 Å². The average Bonchev–Trinajstić information content (AvgIpc) is 3.03. The zero-order chi connectivity index (χ0) is 15.2. The van der Waals surface area contributed by atoms with Crippen LogP contribution in [0.3, 0.4) is 0 Å². The van der Waals surface area contributed by atoms with Crippen LogP contribution in [0.5, 0.6) is 0 Å². The Morgan fingerprint density at radius 3 is 3.00 bits per heavy atom. The van der Waals surface area contributed by atoms with E-state index in [-0.39, 0.29) is 0 Å². The van der Waals surface area contributed by atoms with Crippen LogP contribution in [0, 0.1) is 6.92 Å². The highest BCUT2D eigenvalue weighted by atomic mass is 32.1. The SMILES string of the molecule is Cc1cc2c(s1)CCCC21N=C(N)N(Cc2ccccc2)O1. The van der Waals surface area contributed by atoms with E-state index >= 15 is 0 Å². The Kier molecular flexibility index (Phi) is 3.20. The predicted octanol–water partition coefficient (Wildman–Crippen LogP) is 3.31. The summed E-state index contributed by atoms with van der Waals surface area (Å²) >= 11 is 1.85. The lowest BCUT2D eigenvalue weighted by molar-refractivity contribution is -0.196. The van der Waals surface area contributed by atoms with E-state index in [9.17, 15) is 0 Å². The first-order valence-corrected chi connectivity index (χ1v) is 8.44. The van der Waals surface area contributed by atoms with E-state index in [1.54, 1.807) is 5.06 Å². The Bertz CT molecular complexity index is 725. The van der Waals surface area contributed by atoms with E-state index in [2.05, 4.69) is 25.1 Å². The van der Waals surface area contributed by atoms with Gasteiger partial charge in [0.15, 0.2) is 0 Å². The van der Waals surface area contributed by atoms with Gasteiger partial charge in [0.25, 0.3) is 0 Å². The molecule has 0 bridgehead atoms. The smallest absolute Gasteiger partial charge is 0.219 e. The first kappa shape index (κ1) is 13.8. The number of fused-ring (bicyclic) bond motifs is 2. The first-order chi connectivity index (χ1) is 10.7. The molecule has 1 atom stereocenters. The van der Waals surface area contributed by atoms with Crippen molar-refractivity contribution in [2.75, 3.05) is 0 Å². The molecule has 2 heterocycles. The molecule has 4 rings (SSSR count). The Labute approximate surface area is 134 Å². The molecular weight excluding hydrogens is 294 g/mol. The molecule has 0 radical (unpaired) electrons. The highest BCUT2D eigenvalue weighted by Gasteiger charge is 2.45. The van der Waals surface area contributed by atoms with Crippen molar-refractivity contribution in [1.82, 2.24) is 5.06 Å². The Morgan fingerprint density at radius 2 is 2.18 bits per heavy atom. The number of nitrogens with zero attached hydrogens (tertiary/aromatic N) is 2. The second-order valence-electron chi connectivity index (χ2n) is 5.92. The molecule has 1 aliphatic heterocycles. The van der Waals surface area contributed by atoms with Crippen molar-refractivity contribution in [3.05, 3.63) is 57.3 Å². The third-order valence-corrected chi connectivity index (χ3v) is 5.36. The van der Waals surface area contributed by atoms with Gasteiger partial charge in [-0.05, 0) is 31.4 Å². The lowest BCUT2D eigenvalue weighted by Gasteiger charge is -2.31. The number of nitrogens with two attached hydrogens (primary N) is 1. The van der Waals surface area contributed by atoms with Gasteiger partial charge in [-0.25, -0.2) is 14.9 Å². The largest absolute Gasteiger partial charge is 0.368 e. The molecule has 2 aromatic rings. The topological polar surface area (TPSA) is 50.8 Å². The molecular formula is C17H19N3OS. The molecule has 114 valence electrons. The number of hydrogen-bond donors (Lipinski definition) is 1. The number of hydroxylamine groups is 2. The van der Waals surface area contributed by atoms with Gasteiger partial charge in [0.05, 0.1) is 6.54 Å². The molecule has 4 nitrogen and oxygen atoms in total. The maximum absolute atomic E-state index is 6.26. The lowest BCUT2D eigenvalue weighted by Crippen LogP contribution is -2.35. The van der Waals surface area contributed by atoms with E-state index in [0.717, 1.165) is 24.8 Å². The summed E-state index contributed by atoms with van der Waals surface area (Å²) in [5.41, 5.74) is 7.92. The fourth-order valence-corrected chi connectivity index (χ4v) is 4.41. The number of thiophene rings is 1. The van der Waals surface area contributed by atoms with E-state index in [1.165, 1.54) is 15.3 Å². The van der Waals surface area contributed by atoms with Crippen molar-refractivity contribution < 1.29 is 4.84 Å². The van der Waals surface area contributed by atoms with Crippen molar-refractivity contribution in [3.8, 4) is 0 Å². The van der Waals surface area contributed by atoms with Crippen LogP contribution >= 0.6 is 11.3 Å². The summed E-state index contributed by atoms with van der Waals surface area (Å²) in [7, 11) is 0. The predicted molar refractivity (Wildman–Crippen MR) is 88.4 cm³/mol. The van der Waals surface area contributed by atoms with Crippen LogP contribution in [0.4, 0.5) is 0 Å². The fraction of sp³-hybridized carbons (Fsp3) is 0.353. The van der Waals surface area contributed by atoms with Crippen molar-refractivity contribution in [3.63, 3.8) is 0 Å². The second kappa shape index (κ2) is 5.11. The van der Waals surface area contributed by atoms with Gasteiger partial charge in [-0.3, -0.25) is 0 Å². The van der Waals surface area contributed by atoms with Crippen molar-refractivity contribution in [1.29, 1.82) is 0 Å². The van der Waals surface area contributed by atoms with Crippen molar-refractivity contribution in [2.45, 2.75) is 38.5 Å². The first-order valence-electron chi connectivity index (χ1n) is 7.62. The number of guanidine groups is 1. The second-order valence-corrected chi connectivity index (χ2v) is 7.26. The van der Waals surface area contributed by atoms with E-state index < -0.39 is 5.72 Å². The third kappa shape index (κ3) is 2.21. The van der Waals surface area contributed by atoms with Gasteiger partial charge in [-0.15, -0.1) is 11.3 Å². The number of aliphatic imine (C=N–C) groups is 1. The molecule has 2 N–H and O–H groups in total. The minimum atomic E-state index is -0.600. The number of benzene rings is 1. The van der Waals surface area contributed by atoms with E-state index in [0.29, 0.717) is 12.5 Å². The Balaban J connectivity index is 1.64. The molecule has 5 heteroatoms. The van der Waals surface area contributed by atoms with Gasteiger partial charge in [0.2, 0.25) is 11.7 Å². The highest BCUT2D eigenvalue weighted by molar-refractivity contribution is 7.12. The van der Waals surface area contributed by atoms with Crippen LogP contribution in [-0.4, -0.2) is 11.0 Å². The number of hydrogen-bond acceptors (Lipinski definition) is 5. The molecule has 0 saturated carbocycles. The summed E-state index contributed by atoms with van der Waals surface area (Å²) in [6.45, 7) is 2.76. The minimum Gasteiger partial charge on any atom is -0.368 e. The van der Waals surface area contributed by atoms with Gasteiger partial charge in [0.1, 0.15) is 0 Å². The van der Waals surface area contributed by atoms with Gasteiger partial charge in [-0.2, -0.15) is 0 Å². The molecule has 0 fully saturated rings. The average molecular weight is 313 g/mol. The fourth-order valence-electron chi connectivity index (χ4n) is 3.27. The van der Waals surface area contributed by atoms with Crippen LogP contribution in [0.15, 0.2) is 41.4 Å². The Morgan fingerprint density at radius 1 is 1.36 bits per heavy atom. The molecule has 0 amide bonds. The Hall–Kier alpha value is -1.85. The summed E-state index contributed by atoms with van der Waals surface area (Å²) < 4.78 is 0. The van der Waals surface area contributed by atoms with Crippen LogP contribution in [-0.2, 0) is 23.5 Å². The molecule has 1 unspecified atom stereocenters. The normalized spacial score (nSPS) is 23.7.